The molecular weight excluding hydrogens is 362 g/mol. The third-order valence-electron chi connectivity index (χ3n) is 3.85. The fourth-order valence-electron chi connectivity index (χ4n) is 2.73. The second-order valence-electron chi connectivity index (χ2n) is 5.80. The molecule has 1 aliphatic rings. The number of nitrogens with one attached hydrogen (secondary N) is 1. The van der Waals surface area contributed by atoms with Crippen LogP contribution in [0.4, 0.5) is 11.4 Å². The van der Waals surface area contributed by atoms with Crippen LogP contribution in [-0.2, 0) is 4.79 Å². The van der Waals surface area contributed by atoms with Crippen molar-refractivity contribution in [1.82, 2.24) is 4.98 Å². The first-order valence-corrected chi connectivity index (χ1v) is 10.3. The quantitative estimate of drug-likeness (QED) is 0.753. The van der Waals surface area contributed by atoms with Gasteiger partial charge in [0, 0.05) is 29.2 Å². The van der Waals surface area contributed by atoms with Crippen LogP contribution in [0.5, 0.6) is 0 Å². The zero-order valence-corrected chi connectivity index (χ0v) is 15.9. The number of carbonyl (C=O) groups is 1. The molecule has 1 aromatic heterocycles. The van der Waals surface area contributed by atoms with Crippen LogP contribution in [0.2, 0.25) is 5.02 Å². The van der Waals surface area contributed by atoms with Crippen molar-refractivity contribution in [2.75, 3.05) is 29.1 Å². The summed E-state index contributed by atoms with van der Waals surface area (Å²) in [6.07, 6.45) is 3.65. The number of anilines is 2. The Balaban J connectivity index is 1.66. The Labute approximate surface area is 155 Å². The summed E-state index contributed by atoms with van der Waals surface area (Å²) >= 11 is 9.16. The number of hydrogen-bond donors (Lipinski definition) is 1. The largest absolute Gasteiger partial charge is 0.370 e. The molecule has 1 saturated heterocycles. The van der Waals surface area contributed by atoms with Crippen LogP contribution in [0.1, 0.15) is 25.0 Å². The Bertz CT molecular complexity index is 714. The zero-order valence-electron chi connectivity index (χ0n) is 13.5. The summed E-state index contributed by atoms with van der Waals surface area (Å²) in [5, 5.41) is 5.64. The molecule has 1 amide bonds. The fourth-order valence-corrected chi connectivity index (χ4v) is 4.55. The number of nitrogens with zero attached hydrogens (tertiary/aromatic N) is 2. The minimum atomic E-state index is -0.0339. The smallest absolute Gasteiger partial charge is 0.234 e. The summed E-state index contributed by atoms with van der Waals surface area (Å²) in [4.78, 5) is 19.0. The average molecular weight is 382 g/mol. The van der Waals surface area contributed by atoms with E-state index in [9.17, 15) is 4.79 Å². The van der Waals surface area contributed by atoms with Gasteiger partial charge in [0.2, 0.25) is 5.91 Å². The van der Waals surface area contributed by atoms with Crippen LogP contribution in [0.25, 0.3) is 0 Å². The first-order chi connectivity index (χ1) is 11.6. The van der Waals surface area contributed by atoms with Crippen molar-refractivity contribution in [2.45, 2.75) is 30.5 Å². The van der Waals surface area contributed by atoms with Gasteiger partial charge in [-0.25, -0.2) is 4.98 Å². The Kier molecular flexibility index (Phi) is 6.03. The average Bonchev–Trinajstić information content (AvgIpc) is 2.99. The van der Waals surface area contributed by atoms with Gasteiger partial charge in [0.05, 0.1) is 17.1 Å². The zero-order chi connectivity index (χ0) is 16.9. The lowest BCUT2D eigenvalue weighted by Gasteiger charge is -2.30. The van der Waals surface area contributed by atoms with E-state index in [2.05, 4.69) is 15.2 Å². The Morgan fingerprint density at radius 2 is 2.17 bits per heavy atom. The highest BCUT2D eigenvalue weighted by atomic mass is 35.5. The summed E-state index contributed by atoms with van der Waals surface area (Å²) in [7, 11) is 0. The molecule has 7 heteroatoms. The summed E-state index contributed by atoms with van der Waals surface area (Å²) < 4.78 is 0.921. The van der Waals surface area contributed by atoms with Gasteiger partial charge in [-0.1, -0.05) is 23.4 Å². The number of aromatic nitrogens is 1. The second-order valence-corrected chi connectivity index (χ2v) is 8.32. The molecule has 1 fully saturated rings. The highest BCUT2D eigenvalue weighted by Gasteiger charge is 2.16. The maximum atomic E-state index is 12.3. The van der Waals surface area contributed by atoms with Crippen LogP contribution in [0.3, 0.4) is 0 Å². The van der Waals surface area contributed by atoms with Crippen molar-refractivity contribution in [3.63, 3.8) is 0 Å². The van der Waals surface area contributed by atoms with Gasteiger partial charge >= 0.3 is 0 Å². The standard InChI is InChI=1S/C17H20ClN3OS2/c1-12-10-23-17(19-12)24-11-16(22)20-14-9-13(18)5-6-15(14)21-7-3-2-4-8-21/h5-6,9-10H,2-4,7-8,11H2,1H3,(H,20,22). The van der Waals surface area contributed by atoms with E-state index in [0.717, 1.165) is 34.5 Å². The van der Waals surface area contributed by atoms with E-state index in [-0.39, 0.29) is 5.91 Å². The van der Waals surface area contributed by atoms with Crippen LogP contribution in [0.15, 0.2) is 27.9 Å². The van der Waals surface area contributed by atoms with Crippen molar-refractivity contribution >= 4 is 52.0 Å². The summed E-state index contributed by atoms with van der Waals surface area (Å²) in [5.41, 5.74) is 2.85. The number of piperidine rings is 1. The molecule has 4 nitrogen and oxygen atoms in total. The van der Waals surface area contributed by atoms with Gasteiger partial charge in [-0.3, -0.25) is 4.79 Å². The van der Waals surface area contributed by atoms with Crippen LogP contribution >= 0.6 is 34.7 Å². The first kappa shape index (κ1) is 17.6. The molecule has 0 radical (unpaired) electrons. The molecule has 1 aliphatic heterocycles. The Hall–Kier alpha value is -1.24. The van der Waals surface area contributed by atoms with E-state index in [1.807, 2.05) is 30.5 Å². The molecule has 0 unspecified atom stereocenters. The number of carbonyl (C=O) groups excluding carboxylic acids is 1. The highest BCUT2D eigenvalue weighted by molar-refractivity contribution is 8.01. The van der Waals surface area contributed by atoms with Crippen molar-refractivity contribution in [3.05, 3.63) is 34.3 Å². The maximum Gasteiger partial charge on any atom is 0.234 e. The highest BCUT2D eigenvalue weighted by Crippen LogP contribution is 2.31. The van der Waals surface area contributed by atoms with Crippen LogP contribution in [0, 0.1) is 6.92 Å². The lowest BCUT2D eigenvalue weighted by atomic mass is 10.1. The molecule has 0 bridgehead atoms. The molecule has 0 aliphatic carbocycles. The topological polar surface area (TPSA) is 45.2 Å². The van der Waals surface area contributed by atoms with Crippen molar-refractivity contribution in [2.24, 2.45) is 0 Å². The molecule has 2 aromatic rings. The van der Waals surface area contributed by atoms with E-state index in [4.69, 9.17) is 11.6 Å². The predicted octanol–water partition coefficient (Wildman–Crippen LogP) is 4.83. The lowest BCUT2D eigenvalue weighted by molar-refractivity contribution is -0.113. The number of aryl methyl sites for hydroxylation is 1. The van der Waals surface area contributed by atoms with Gasteiger partial charge in [0.1, 0.15) is 0 Å². The van der Waals surface area contributed by atoms with Gasteiger partial charge in [0.25, 0.3) is 0 Å². The monoisotopic (exact) mass is 381 g/mol. The van der Waals surface area contributed by atoms with Gasteiger partial charge in [0.15, 0.2) is 4.34 Å². The van der Waals surface area contributed by atoms with Crippen molar-refractivity contribution in [1.29, 1.82) is 0 Å². The molecule has 1 N–H and O–H groups in total. The molecule has 0 saturated carbocycles. The molecule has 2 heterocycles. The number of thioether (sulfide) groups is 1. The number of hydrogen-bond acceptors (Lipinski definition) is 5. The predicted molar refractivity (Wildman–Crippen MR) is 104 cm³/mol. The van der Waals surface area contributed by atoms with E-state index < -0.39 is 0 Å². The molecular formula is C17H20ClN3OS2. The molecule has 1 aromatic carbocycles. The normalized spacial score (nSPS) is 14.7. The van der Waals surface area contributed by atoms with E-state index in [0.29, 0.717) is 10.8 Å². The second kappa shape index (κ2) is 8.23. The summed E-state index contributed by atoms with van der Waals surface area (Å²) in [6, 6.07) is 5.72. The summed E-state index contributed by atoms with van der Waals surface area (Å²) in [6.45, 7) is 4.01. The molecule has 128 valence electrons. The van der Waals surface area contributed by atoms with Crippen LogP contribution in [-0.4, -0.2) is 29.7 Å². The van der Waals surface area contributed by atoms with E-state index >= 15 is 0 Å². The van der Waals surface area contributed by atoms with Crippen LogP contribution < -0.4 is 10.2 Å². The summed E-state index contributed by atoms with van der Waals surface area (Å²) in [5.74, 6) is 0.312. The number of rotatable bonds is 5. The van der Waals surface area contributed by atoms with Gasteiger partial charge in [-0.2, -0.15) is 0 Å². The van der Waals surface area contributed by atoms with E-state index in [1.165, 1.54) is 31.0 Å². The molecule has 3 rings (SSSR count). The molecule has 24 heavy (non-hydrogen) atoms. The molecule has 0 atom stereocenters. The van der Waals surface area contributed by atoms with Gasteiger partial charge in [-0.15, -0.1) is 11.3 Å². The lowest BCUT2D eigenvalue weighted by Crippen LogP contribution is -2.30. The number of benzene rings is 1. The first-order valence-electron chi connectivity index (χ1n) is 8.01. The third-order valence-corrected chi connectivity index (χ3v) is 6.23. The fraction of sp³-hybridized carbons (Fsp3) is 0.412. The van der Waals surface area contributed by atoms with E-state index in [1.54, 1.807) is 11.3 Å². The Morgan fingerprint density at radius 1 is 1.38 bits per heavy atom. The molecule has 0 spiro atoms. The maximum absolute atomic E-state index is 12.3. The number of halogens is 1. The Morgan fingerprint density at radius 3 is 2.88 bits per heavy atom. The van der Waals surface area contributed by atoms with Gasteiger partial charge < -0.3 is 10.2 Å². The van der Waals surface area contributed by atoms with Crippen molar-refractivity contribution < 1.29 is 4.79 Å². The minimum absolute atomic E-state index is 0.0339. The number of amides is 1. The minimum Gasteiger partial charge on any atom is -0.370 e. The number of thiazole rings is 1. The van der Waals surface area contributed by atoms with Gasteiger partial charge in [-0.05, 0) is 44.4 Å². The SMILES string of the molecule is Cc1csc(SCC(=O)Nc2cc(Cl)ccc2N2CCCCC2)n1. The third kappa shape index (κ3) is 4.65. The van der Waals surface area contributed by atoms with Crippen molar-refractivity contribution in [3.8, 4) is 0 Å².